The maximum Gasteiger partial charge on any atom is 0.123 e. The number of hydrogen-bond donors (Lipinski definition) is 1. The highest BCUT2D eigenvalue weighted by atomic mass is 19.1. The van der Waals surface area contributed by atoms with Gasteiger partial charge in [-0.1, -0.05) is 0 Å². The first-order chi connectivity index (χ1) is 11.0. The molecule has 0 aliphatic carbocycles. The number of nitrogens with one attached hydrogen (secondary N) is 1. The van der Waals surface area contributed by atoms with Crippen molar-refractivity contribution in [1.82, 2.24) is 9.78 Å². The second kappa shape index (κ2) is 5.06. The number of benzene rings is 2. The van der Waals surface area contributed by atoms with Gasteiger partial charge in [-0.2, -0.15) is 5.10 Å². The van der Waals surface area contributed by atoms with Crippen LogP contribution in [0.1, 0.15) is 12.5 Å². The molecule has 0 saturated carbocycles. The Labute approximate surface area is 133 Å². The molecule has 1 unspecified atom stereocenters. The number of epoxide rings is 1. The van der Waals surface area contributed by atoms with E-state index in [2.05, 4.69) is 36.4 Å². The first-order valence-electron chi connectivity index (χ1n) is 7.66. The lowest BCUT2D eigenvalue weighted by Crippen LogP contribution is -2.19. The highest BCUT2D eigenvalue weighted by Crippen LogP contribution is 2.30. The Kier molecular flexibility index (Phi) is 3.13. The zero-order valence-electron chi connectivity index (χ0n) is 13.1. The SMILES string of the molecule is Cc1cc(NCC2(C)CO2)c2cnn(-c3ccc(F)cc3)c2c1. The highest BCUT2D eigenvalue weighted by Gasteiger charge is 2.38. The van der Waals surface area contributed by atoms with Crippen molar-refractivity contribution in [3.8, 4) is 5.69 Å². The smallest absolute Gasteiger partial charge is 0.123 e. The van der Waals surface area contributed by atoms with E-state index in [1.165, 1.54) is 12.1 Å². The average molecular weight is 311 g/mol. The number of anilines is 1. The highest BCUT2D eigenvalue weighted by molar-refractivity contribution is 5.93. The number of fused-ring (bicyclic) bond motifs is 1. The van der Waals surface area contributed by atoms with Gasteiger partial charge >= 0.3 is 0 Å². The zero-order chi connectivity index (χ0) is 16.0. The van der Waals surface area contributed by atoms with Crippen LogP contribution in [0, 0.1) is 12.7 Å². The van der Waals surface area contributed by atoms with Crippen LogP contribution in [0.3, 0.4) is 0 Å². The molecule has 4 nitrogen and oxygen atoms in total. The average Bonchev–Trinajstić information content (AvgIpc) is 3.12. The van der Waals surface area contributed by atoms with Crippen molar-refractivity contribution in [3.63, 3.8) is 0 Å². The predicted octanol–water partition coefficient (Wildman–Crippen LogP) is 3.67. The van der Waals surface area contributed by atoms with Gasteiger partial charge in [-0.25, -0.2) is 9.07 Å². The summed E-state index contributed by atoms with van der Waals surface area (Å²) < 4.78 is 20.4. The molecule has 1 aromatic heterocycles. The van der Waals surface area contributed by atoms with Gasteiger partial charge in [0.1, 0.15) is 11.4 Å². The number of ether oxygens (including phenoxy) is 1. The van der Waals surface area contributed by atoms with E-state index in [4.69, 9.17) is 4.74 Å². The Bertz CT molecular complexity index is 866. The molecular formula is C18H18FN3O. The van der Waals surface area contributed by atoms with E-state index in [0.717, 1.165) is 41.0 Å². The number of aromatic nitrogens is 2. The van der Waals surface area contributed by atoms with Crippen molar-refractivity contribution in [2.24, 2.45) is 0 Å². The predicted molar refractivity (Wildman–Crippen MR) is 88.6 cm³/mol. The molecule has 1 aliphatic heterocycles. The molecule has 1 fully saturated rings. The van der Waals surface area contributed by atoms with Crippen molar-refractivity contribution < 1.29 is 9.13 Å². The van der Waals surface area contributed by atoms with Crippen LogP contribution in [0.4, 0.5) is 10.1 Å². The molecule has 2 aromatic carbocycles. The van der Waals surface area contributed by atoms with E-state index in [9.17, 15) is 4.39 Å². The second-order valence-corrected chi connectivity index (χ2v) is 6.37. The van der Waals surface area contributed by atoms with Gasteiger partial charge in [0.2, 0.25) is 0 Å². The molecule has 1 atom stereocenters. The van der Waals surface area contributed by atoms with Crippen LogP contribution in [0.2, 0.25) is 0 Å². The number of nitrogens with zero attached hydrogens (tertiary/aromatic N) is 2. The monoisotopic (exact) mass is 311 g/mol. The minimum Gasteiger partial charge on any atom is -0.381 e. The summed E-state index contributed by atoms with van der Waals surface area (Å²) in [5, 5.41) is 8.99. The molecule has 0 bridgehead atoms. The van der Waals surface area contributed by atoms with Gasteiger partial charge in [0.15, 0.2) is 0 Å². The Balaban J connectivity index is 1.76. The van der Waals surface area contributed by atoms with Crippen molar-refractivity contribution in [2.75, 3.05) is 18.5 Å². The van der Waals surface area contributed by atoms with E-state index < -0.39 is 0 Å². The fourth-order valence-corrected chi connectivity index (χ4v) is 2.71. The quantitative estimate of drug-likeness (QED) is 0.748. The van der Waals surface area contributed by atoms with Gasteiger partial charge in [0, 0.05) is 17.6 Å². The van der Waals surface area contributed by atoms with Crippen LogP contribution in [0.25, 0.3) is 16.6 Å². The lowest BCUT2D eigenvalue weighted by molar-refractivity contribution is 0.335. The molecular weight excluding hydrogens is 293 g/mol. The number of rotatable bonds is 4. The lowest BCUT2D eigenvalue weighted by Gasteiger charge is -2.12. The van der Waals surface area contributed by atoms with E-state index >= 15 is 0 Å². The van der Waals surface area contributed by atoms with E-state index in [0.29, 0.717) is 0 Å². The Morgan fingerprint density at radius 3 is 2.74 bits per heavy atom. The van der Waals surface area contributed by atoms with E-state index in [-0.39, 0.29) is 11.4 Å². The summed E-state index contributed by atoms with van der Waals surface area (Å²) in [6, 6.07) is 10.6. The largest absolute Gasteiger partial charge is 0.381 e. The minimum atomic E-state index is -0.249. The fraction of sp³-hybridized carbons (Fsp3) is 0.278. The molecule has 118 valence electrons. The Morgan fingerprint density at radius 2 is 2.04 bits per heavy atom. The first kappa shape index (κ1) is 14.2. The van der Waals surface area contributed by atoms with Gasteiger partial charge in [-0.15, -0.1) is 0 Å². The van der Waals surface area contributed by atoms with Gasteiger partial charge in [0.05, 0.1) is 24.0 Å². The summed E-state index contributed by atoms with van der Waals surface area (Å²) in [5.41, 5.74) is 3.98. The van der Waals surface area contributed by atoms with Crippen molar-refractivity contribution in [3.05, 3.63) is 54.0 Å². The zero-order valence-corrected chi connectivity index (χ0v) is 13.1. The van der Waals surface area contributed by atoms with Crippen LogP contribution in [-0.4, -0.2) is 28.5 Å². The summed E-state index contributed by atoms with van der Waals surface area (Å²) >= 11 is 0. The van der Waals surface area contributed by atoms with Gasteiger partial charge in [-0.05, 0) is 55.8 Å². The topological polar surface area (TPSA) is 42.4 Å². The second-order valence-electron chi connectivity index (χ2n) is 6.37. The van der Waals surface area contributed by atoms with E-state index in [1.807, 2.05) is 10.9 Å². The Hall–Kier alpha value is -2.40. The summed E-state index contributed by atoms with van der Waals surface area (Å²) in [4.78, 5) is 0. The third kappa shape index (κ3) is 2.68. The fourth-order valence-electron chi connectivity index (χ4n) is 2.71. The number of halogens is 1. The maximum absolute atomic E-state index is 13.1. The molecule has 0 spiro atoms. The lowest BCUT2D eigenvalue weighted by atomic mass is 10.1. The van der Waals surface area contributed by atoms with Crippen LogP contribution in [0.15, 0.2) is 42.6 Å². The van der Waals surface area contributed by atoms with Crippen LogP contribution >= 0.6 is 0 Å². The molecule has 5 heteroatoms. The molecule has 1 saturated heterocycles. The molecule has 3 aromatic rings. The van der Waals surface area contributed by atoms with Crippen molar-refractivity contribution in [2.45, 2.75) is 19.4 Å². The third-order valence-electron chi connectivity index (χ3n) is 4.19. The molecule has 23 heavy (non-hydrogen) atoms. The molecule has 4 rings (SSSR count). The molecule has 2 heterocycles. The number of hydrogen-bond acceptors (Lipinski definition) is 3. The van der Waals surface area contributed by atoms with Crippen molar-refractivity contribution >= 4 is 16.6 Å². The maximum atomic E-state index is 13.1. The number of aryl methyl sites for hydroxylation is 1. The summed E-state index contributed by atoms with van der Waals surface area (Å²) in [7, 11) is 0. The van der Waals surface area contributed by atoms with Crippen LogP contribution < -0.4 is 5.32 Å². The third-order valence-corrected chi connectivity index (χ3v) is 4.19. The van der Waals surface area contributed by atoms with E-state index in [1.54, 1.807) is 12.1 Å². The minimum absolute atomic E-state index is 0.0526. The summed E-state index contributed by atoms with van der Waals surface area (Å²) in [5.74, 6) is -0.249. The van der Waals surface area contributed by atoms with Gasteiger partial charge in [0.25, 0.3) is 0 Å². The molecule has 1 N–H and O–H groups in total. The first-order valence-corrected chi connectivity index (χ1v) is 7.66. The van der Waals surface area contributed by atoms with Gasteiger partial charge < -0.3 is 10.1 Å². The standard InChI is InChI=1S/C18H18FN3O/c1-12-7-16(20-10-18(2)11-23-18)15-9-21-22(17(15)8-12)14-5-3-13(19)4-6-14/h3-9,20H,10-11H2,1-2H3. The normalized spacial score (nSPS) is 20.0. The van der Waals surface area contributed by atoms with Crippen molar-refractivity contribution in [1.29, 1.82) is 0 Å². The summed E-state index contributed by atoms with van der Waals surface area (Å²) in [6.07, 6.45) is 1.84. The van der Waals surface area contributed by atoms with Crippen LogP contribution in [0.5, 0.6) is 0 Å². The summed E-state index contributed by atoms with van der Waals surface area (Å²) in [6.45, 7) is 5.72. The molecule has 0 radical (unpaired) electrons. The van der Waals surface area contributed by atoms with Crippen LogP contribution in [-0.2, 0) is 4.74 Å². The molecule has 1 aliphatic rings. The Morgan fingerprint density at radius 1 is 1.30 bits per heavy atom. The molecule has 0 amide bonds. The van der Waals surface area contributed by atoms with Gasteiger partial charge in [-0.3, -0.25) is 0 Å².